The number of thiophene rings is 1. The standard InChI is InChI=1S/C49H31N5S/c1-4-13-32(14-5-1)42-29-43(33-15-6-2-7-16-33)52-48(51-42)38-25-37(35-22-23-47-41(28-35)40-20-10-11-21-46(40)55-47)26-39(27-38)49-53-44(34-17-8-3-9-18-34)30-45(54-49)36-19-12-24-50-31-36/h1-31H. The number of aromatic nitrogens is 5. The number of rotatable bonds is 7. The van der Waals surface area contributed by atoms with Gasteiger partial charge < -0.3 is 0 Å². The van der Waals surface area contributed by atoms with Crippen molar-refractivity contribution in [2.24, 2.45) is 0 Å². The predicted octanol–water partition coefficient (Wildman–Crippen LogP) is 12.7. The van der Waals surface area contributed by atoms with E-state index in [-0.39, 0.29) is 0 Å². The first-order valence-corrected chi connectivity index (χ1v) is 19.0. The summed E-state index contributed by atoms with van der Waals surface area (Å²) in [4.78, 5) is 25.3. The maximum absolute atomic E-state index is 5.22. The highest BCUT2D eigenvalue weighted by Gasteiger charge is 2.17. The molecule has 10 rings (SSSR count). The van der Waals surface area contributed by atoms with Gasteiger partial charge in [0.25, 0.3) is 0 Å². The third-order valence-electron chi connectivity index (χ3n) is 9.78. The molecule has 0 radical (unpaired) electrons. The van der Waals surface area contributed by atoms with Gasteiger partial charge in [0, 0.05) is 65.9 Å². The van der Waals surface area contributed by atoms with Crippen LogP contribution in [0.3, 0.4) is 0 Å². The quantitative estimate of drug-likeness (QED) is 0.164. The lowest BCUT2D eigenvalue weighted by molar-refractivity contribution is 1.17. The van der Waals surface area contributed by atoms with E-state index in [0.717, 1.165) is 67.3 Å². The smallest absolute Gasteiger partial charge is 0.160 e. The first-order chi connectivity index (χ1) is 27.2. The van der Waals surface area contributed by atoms with Crippen molar-refractivity contribution in [2.75, 3.05) is 0 Å². The van der Waals surface area contributed by atoms with E-state index in [4.69, 9.17) is 19.9 Å². The van der Waals surface area contributed by atoms with Gasteiger partial charge in [0.1, 0.15) is 0 Å². The molecule has 0 saturated heterocycles. The summed E-state index contributed by atoms with van der Waals surface area (Å²) >= 11 is 1.82. The van der Waals surface area contributed by atoms with Crippen molar-refractivity contribution >= 4 is 31.5 Å². The molecule has 258 valence electrons. The minimum Gasteiger partial charge on any atom is -0.264 e. The molecule has 0 amide bonds. The summed E-state index contributed by atoms with van der Waals surface area (Å²) < 4.78 is 2.53. The Hall–Kier alpha value is -7.15. The molecule has 5 nitrogen and oxygen atoms in total. The fraction of sp³-hybridized carbons (Fsp3) is 0. The van der Waals surface area contributed by atoms with E-state index in [1.54, 1.807) is 6.20 Å². The molecule has 4 heterocycles. The molecule has 0 spiro atoms. The summed E-state index contributed by atoms with van der Waals surface area (Å²) in [5.41, 5.74) is 11.1. The topological polar surface area (TPSA) is 64.5 Å². The lowest BCUT2D eigenvalue weighted by Crippen LogP contribution is -1.99. The summed E-state index contributed by atoms with van der Waals surface area (Å²) in [5, 5.41) is 2.49. The van der Waals surface area contributed by atoms with Crippen molar-refractivity contribution in [2.45, 2.75) is 0 Å². The van der Waals surface area contributed by atoms with Gasteiger partial charge in [-0.05, 0) is 71.8 Å². The summed E-state index contributed by atoms with van der Waals surface area (Å²) in [7, 11) is 0. The average Bonchev–Trinajstić information content (AvgIpc) is 3.65. The lowest BCUT2D eigenvalue weighted by atomic mass is 9.97. The van der Waals surface area contributed by atoms with Crippen LogP contribution in [0.4, 0.5) is 0 Å². The molecule has 0 N–H and O–H groups in total. The molecular formula is C49H31N5S. The maximum atomic E-state index is 5.22. The molecule has 0 unspecified atom stereocenters. The predicted molar refractivity (Wildman–Crippen MR) is 226 cm³/mol. The number of pyridine rings is 1. The number of hydrogen-bond acceptors (Lipinski definition) is 6. The van der Waals surface area contributed by atoms with Crippen LogP contribution >= 0.6 is 11.3 Å². The zero-order valence-corrected chi connectivity index (χ0v) is 30.4. The van der Waals surface area contributed by atoms with E-state index >= 15 is 0 Å². The Bertz CT molecular complexity index is 2700. The van der Waals surface area contributed by atoms with E-state index in [9.17, 15) is 0 Å². The van der Waals surface area contributed by atoms with Gasteiger partial charge >= 0.3 is 0 Å². The molecule has 4 aromatic heterocycles. The molecule has 0 aliphatic heterocycles. The van der Waals surface area contributed by atoms with Crippen LogP contribution < -0.4 is 0 Å². The van der Waals surface area contributed by atoms with Crippen LogP contribution in [0, 0.1) is 0 Å². The van der Waals surface area contributed by atoms with Crippen molar-refractivity contribution < 1.29 is 0 Å². The van der Waals surface area contributed by atoms with E-state index in [0.29, 0.717) is 11.6 Å². The fourth-order valence-corrected chi connectivity index (χ4v) is 8.13. The minimum absolute atomic E-state index is 0.605. The van der Waals surface area contributed by atoms with E-state index < -0.39 is 0 Å². The molecule has 0 aliphatic rings. The van der Waals surface area contributed by atoms with Crippen LogP contribution in [0.2, 0.25) is 0 Å². The fourth-order valence-electron chi connectivity index (χ4n) is 7.04. The average molecular weight is 722 g/mol. The minimum atomic E-state index is 0.605. The van der Waals surface area contributed by atoms with E-state index in [2.05, 4.69) is 108 Å². The molecule has 0 bridgehead atoms. The first-order valence-electron chi connectivity index (χ1n) is 18.1. The molecule has 6 heteroatoms. The van der Waals surface area contributed by atoms with Crippen LogP contribution in [-0.4, -0.2) is 24.9 Å². The van der Waals surface area contributed by atoms with E-state index in [1.165, 1.54) is 20.2 Å². The van der Waals surface area contributed by atoms with Crippen molar-refractivity contribution in [3.63, 3.8) is 0 Å². The Morgan fingerprint density at radius 2 is 0.782 bits per heavy atom. The second kappa shape index (κ2) is 14.0. The second-order valence-electron chi connectivity index (χ2n) is 13.4. The van der Waals surface area contributed by atoms with Crippen LogP contribution in [-0.2, 0) is 0 Å². The van der Waals surface area contributed by atoms with Gasteiger partial charge in [0.15, 0.2) is 11.6 Å². The lowest BCUT2D eigenvalue weighted by Gasteiger charge is -2.14. The van der Waals surface area contributed by atoms with Gasteiger partial charge in [-0.1, -0.05) is 115 Å². The highest BCUT2D eigenvalue weighted by molar-refractivity contribution is 7.25. The number of hydrogen-bond donors (Lipinski definition) is 0. The summed E-state index contributed by atoms with van der Waals surface area (Å²) in [5.74, 6) is 1.23. The molecule has 0 aliphatic carbocycles. The third-order valence-corrected chi connectivity index (χ3v) is 10.9. The number of benzene rings is 6. The van der Waals surface area contributed by atoms with Gasteiger partial charge in [-0.25, -0.2) is 19.9 Å². The Balaban J connectivity index is 1.23. The number of nitrogens with zero attached hydrogens (tertiary/aromatic N) is 5. The van der Waals surface area contributed by atoms with Gasteiger partial charge in [0.2, 0.25) is 0 Å². The zero-order chi connectivity index (χ0) is 36.6. The van der Waals surface area contributed by atoms with Crippen LogP contribution in [0.1, 0.15) is 0 Å². The molecule has 0 saturated carbocycles. The normalized spacial score (nSPS) is 11.3. The Kier molecular flexibility index (Phi) is 8.28. The maximum Gasteiger partial charge on any atom is 0.160 e. The Labute approximate surface area is 322 Å². The van der Waals surface area contributed by atoms with Crippen LogP contribution in [0.25, 0.3) is 99.1 Å². The summed E-state index contributed by atoms with van der Waals surface area (Å²) in [6, 6.07) is 60.7. The molecule has 6 aromatic carbocycles. The van der Waals surface area contributed by atoms with Crippen molar-refractivity contribution in [1.29, 1.82) is 0 Å². The number of fused-ring (bicyclic) bond motifs is 3. The van der Waals surface area contributed by atoms with Gasteiger partial charge in [0.05, 0.1) is 22.8 Å². The summed E-state index contributed by atoms with van der Waals surface area (Å²) in [6.45, 7) is 0. The van der Waals surface area contributed by atoms with Crippen molar-refractivity contribution in [3.8, 4) is 78.9 Å². The van der Waals surface area contributed by atoms with Crippen molar-refractivity contribution in [1.82, 2.24) is 24.9 Å². The Morgan fingerprint density at radius 3 is 1.33 bits per heavy atom. The summed E-state index contributed by atoms with van der Waals surface area (Å²) in [6.07, 6.45) is 3.62. The van der Waals surface area contributed by atoms with Gasteiger partial charge in [-0.15, -0.1) is 11.3 Å². The SMILES string of the molecule is c1ccc(-c2cc(-c3ccccc3)nc(-c3cc(-c4ccc5sc6ccccc6c5c4)cc(-c4nc(-c5ccccc5)cc(-c5cccnc5)n4)c3)n2)cc1. The molecular weight excluding hydrogens is 691 g/mol. The molecule has 10 aromatic rings. The third kappa shape index (κ3) is 6.45. The van der Waals surface area contributed by atoms with Gasteiger partial charge in [-0.3, -0.25) is 4.98 Å². The highest BCUT2D eigenvalue weighted by Crippen LogP contribution is 2.39. The largest absolute Gasteiger partial charge is 0.264 e. The molecule has 0 atom stereocenters. The zero-order valence-electron chi connectivity index (χ0n) is 29.5. The van der Waals surface area contributed by atoms with Crippen LogP contribution in [0.15, 0.2) is 188 Å². The molecule has 0 fully saturated rings. The van der Waals surface area contributed by atoms with Gasteiger partial charge in [-0.2, -0.15) is 0 Å². The first kappa shape index (κ1) is 32.5. The Morgan fingerprint density at radius 1 is 0.309 bits per heavy atom. The molecule has 55 heavy (non-hydrogen) atoms. The highest BCUT2D eigenvalue weighted by atomic mass is 32.1. The van der Waals surface area contributed by atoms with E-state index in [1.807, 2.05) is 90.3 Å². The second-order valence-corrected chi connectivity index (χ2v) is 14.5. The van der Waals surface area contributed by atoms with Crippen LogP contribution in [0.5, 0.6) is 0 Å². The van der Waals surface area contributed by atoms with Crippen molar-refractivity contribution in [3.05, 3.63) is 188 Å². The monoisotopic (exact) mass is 721 g/mol.